The molecule has 0 N–H and O–H groups in total. The van der Waals surface area contributed by atoms with E-state index in [2.05, 4.69) is 0 Å². The number of carbonyl (C=O) groups excluding carboxylic acids is 2. The van der Waals surface area contributed by atoms with Gasteiger partial charge in [-0.1, -0.05) is 12.1 Å². The van der Waals surface area contributed by atoms with Crippen LogP contribution in [0.3, 0.4) is 0 Å². The summed E-state index contributed by atoms with van der Waals surface area (Å²) in [4.78, 5) is 22.0. The number of ketones is 2. The Morgan fingerprint density at radius 1 is 1.21 bits per heavy atom. The second kappa shape index (κ2) is 4.65. The standard InChI is InChI=1S/C11H11FO2/c1-8(13)6-7-11(14)9-4-2-3-5-10(9)12/h2-5H,6-7H2,1H3. The molecule has 14 heavy (non-hydrogen) atoms. The van der Waals surface area contributed by atoms with Crippen LogP contribution in [0, 0.1) is 5.82 Å². The lowest BCUT2D eigenvalue weighted by Crippen LogP contribution is -2.04. The first-order valence-corrected chi connectivity index (χ1v) is 4.38. The van der Waals surface area contributed by atoms with Crippen LogP contribution in [0.1, 0.15) is 30.1 Å². The van der Waals surface area contributed by atoms with Gasteiger partial charge in [0, 0.05) is 12.8 Å². The van der Waals surface area contributed by atoms with Crippen molar-refractivity contribution in [1.29, 1.82) is 0 Å². The number of halogens is 1. The molecule has 0 bridgehead atoms. The molecule has 0 fully saturated rings. The highest BCUT2D eigenvalue weighted by Crippen LogP contribution is 2.10. The van der Waals surface area contributed by atoms with Crippen LogP contribution in [0.2, 0.25) is 0 Å². The van der Waals surface area contributed by atoms with Gasteiger partial charge in [-0.15, -0.1) is 0 Å². The van der Waals surface area contributed by atoms with Gasteiger partial charge in [0.05, 0.1) is 5.56 Å². The molecule has 0 unspecified atom stereocenters. The summed E-state index contributed by atoms with van der Waals surface area (Å²) in [6, 6.07) is 5.79. The Balaban J connectivity index is 2.70. The van der Waals surface area contributed by atoms with Gasteiger partial charge in [-0.2, -0.15) is 0 Å². The third-order valence-electron chi connectivity index (χ3n) is 1.88. The van der Waals surface area contributed by atoms with Crippen LogP contribution in [0.5, 0.6) is 0 Å². The molecule has 0 aliphatic heterocycles. The van der Waals surface area contributed by atoms with Crippen molar-refractivity contribution >= 4 is 11.6 Å². The average molecular weight is 194 g/mol. The van der Waals surface area contributed by atoms with Gasteiger partial charge in [0.2, 0.25) is 0 Å². The predicted octanol–water partition coefficient (Wildman–Crippen LogP) is 2.38. The molecule has 1 aromatic rings. The van der Waals surface area contributed by atoms with Crippen LogP contribution in [0.15, 0.2) is 24.3 Å². The Bertz CT molecular complexity index is 358. The maximum Gasteiger partial charge on any atom is 0.166 e. The Hall–Kier alpha value is -1.51. The maximum atomic E-state index is 13.1. The monoisotopic (exact) mass is 194 g/mol. The van der Waals surface area contributed by atoms with E-state index >= 15 is 0 Å². The Morgan fingerprint density at radius 3 is 2.43 bits per heavy atom. The molecule has 0 aliphatic rings. The van der Waals surface area contributed by atoms with Gasteiger partial charge >= 0.3 is 0 Å². The lowest BCUT2D eigenvalue weighted by molar-refractivity contribution is -0.116. The maximum absolute atomic E-state index is 13.1. The van der Waals surface area contributed by atoms with Crippen molar-refractivity contribution in [2.45, 2.75) is 19.8 Å². The quantitative estimate of drug-likeness (QED) is 0.689. The minimum atomic E-state index is -0.527. The zero-order valence-electron chi connectivity index (χ0n) is 7.92. The van der Waals surface area contributed by atoms with E-state index in [0.29, 0.717) is 0 Å². The average Bonchev–Trinajstić information content (AvgIpc) is 2.15. The molecule has 0 aromatic heterocycles. The van der Waals surface area contributed by atoms with E-state index < -0.39 is 5.82 Å². The van der Waals surface area contributed by atoms with Gasteiger partial charge in [0.25, 0.3) is 0 Å². The van der Waals surface area contributed by atoms with Gasteiger partial charge in [0.1, 0.15) is 11.6 Å². The highest BCUT2D eigenvalue weighted by atomic mass is 19.1. The normalized spacial score (nSPS) is 9.86. The molecule has 0 atom stereocenters. The molecular weight excluding hydrogens is 183 g/mol. The SMILES string of the molecule is CC(=O)CCC(=O)c1ccccc1F. The first-order valence-electron chi connectivity index (χ1n) is 4.38. The highest BCUT2D eigenvalue weighted by molar-refractivity contribution is 5.98. The number of benzene rings is 1. The van der Waals surface area contributed by atoms with Gasteiger partial charge in [-0.3, -0.25) is 4.79 Å². The summed E-state index contributed by atoms with van der Waals surface area (Å²) in [7, 11) is 0. The minimum Gasteiger partial charge on any atom is -0.300 e. The molecule has 0 saturated heterocycles. The van der Waals surface area contributed by atoms with Crippen molar-refractivity contribution in [3.8, 4) is 0 Å². The van der Waals surface area contributed by atoms with Gasteiger partial charge in [-0.05, 0) is 19.1 Å². The summed E-state index contributed by atoms with van der Waals surface area (Å²) < 4.78 is 13.1. The summed E-state index contributed by atoms with van der Waals surface area (Å²) in [5.74, 6) is -0.908. The molecule has 0 amide bonds. The van der Waals surface area contributed by atoms with Crippen molar-refractivity contribution in [2.75, 3.05) is 0 Å². The molecule has 3 heteroatoms. The molecule has 0 heterocycles. The van der Waals surface area contributed by atoms with Crippen LogP contribution < -0.4 is 0 Å². The summed E-state index contributed by atoms with van der Waals surface area (Å²) in [5.41, 5.74) is 0.0637. The van der Waals surface area contributed by atoms with E-state index in [4.69, 9.17) is 0 Å². The van der Waals surface area contributed by atoms with Crippen LogP contribution in [0.25, 0.3) is 0 Å². The zero-order valence-corrected chi connectivity index (χ0v) is 7.92. The Kier molecular flexibility index (Phi) is 3.51. The van der Waals surface area contributed by atoms with Crippen molar-refractivity contribution in [1.82, 2.24) is 0 Å². The lowest BCUT2D eigenvalue weighted by atomic mass is 10.1. The summed E-state index contributed by atoms with van der Waals surface area (Å²) in [5, 5.41) is 0. The van der Waals surface area contributed by atoms with E-state index in [1.807, 2.05) is 0 Å². The molecule has 0 saturated carbocycles. The third-order valence-corrected chi connectivity index (χ3v) is 1.88. The molecule has 0 aliphatic carbocycles. The summed E-state index contributed by atoms with van der Waals surface area (Å²) in [6.07, 6.45) is 0.253. The highest BCUT2D eigenvalue weighted by Gasteiger charge is 2.10. The topological polar surface area (TPSA) is 34.1 Å². The van der Waals surface area contributed by atoms with E-state index in [1.165, 1.54) is 25.1 Å². The van der Waals surface area contributed by atoms with Crippen molar-refractivity contribution in [3.05, 3.63) is 35.6 Å². The second-order valence-corrected chi connectivity index (χ2v) is 3.11. The van der Waals surface area contributed by atoms with Crippen LogP contribution >= 0.6 is 0 Å². The fourth-order valence-corrected chi connectivity index (χ4v) is 1.11. The van der Waals surface area contributed by atoms with Crippen LogP contribution in [-0.2, 0) is 4.79 Å². The van der Waals surface area contributed by atoms with E-state index in [9.17, 15) is 14.0 Å². The van der Waals surface area contributed by atoms with Crippen LogP contribution in [-0.4, -0.2) is 11.6 Å². The van der Waals surface area contributed by atoms with E-state index in [0.717, 1.165) is 0 Å². The van der Waals surface area contributed by atoms with Crippen molar-refractivity contribution in [3.63, 3.8) is 0 Å². The fraction of sp³-hybridized carbons (Fsp3) is 0.273. The molecule has 1 aromatic carbocycles. The fourth-order valence-electron chi connectivity index (χ4n) is 1.11. The molecule has 74 valence electrons. The number of hydrogen-bond acceptors (Lipinski definition) is 2. The Labute approximate surface area is 81.7 Å². The predicted molar refractivity (Wildman–Crippen MR) is 50.6 cm³/mol. The Morgan fingerprint density at radius 2 is 1.86 bits per heavy atom. The zero-order chi connectivity index (χ0) is 10.6. The van der Waals surface area contributed by atoms with Gasteiger partial charge in [0.15, 0.2) is 5.78 Å². The molecule has 0 radical (unpaired) electrons. The number of hydrogen-bond donors (Lipinski definition) is 0. The minimum absolute atomic E-state index is 0.0605. The molecular formula is C11H11FO2. The molecule has 1 rings (SSSR count). The molecule has 0 spiro atoms. The lowest BCUT2D eigenvalue weighted by Gasteiger charge is -2.00. The van der Waals surface area contributed by atoms with Crippen molar-refractivity contribution < 1.29 is 14.0 Å². The summed E-state index contributed by atoms with van der Waals surface area (Å²) >= 11 is 0. The number of carbonyl (C=O) groups is 2. The molecule has 2 nitrogen and oxygen atoms in total. The van der Waals surface area contributed by atoms with E-state index in [1.54, 1.807) is 6.07 Å². The second-order valence-electron chi connectivity index (χ2n) is 3.11. The number of rotatable bonds is 4. The third kappa shape index (κ3) is 2.76. The smallest absolute Gasteiger partial charge is 0.166 e. The van der Waals surface area contributed by atoms with Crippen molar-refractivity contribution in [2.24, 2.45) is 0 Å². The largest absolute Gasteiger partial charge is 0.300 e. The van der Waals surface area contributed by atoms with Gasteiger partial charge in [-0.25, -0.2) is 4.39 Å². The van der Waals surface area contributed by atoms with Gasteiger partial charge < -0.3 is 4.79 Å². The summed E-state index contributed by atoms with van der Waals surface area (Å²) in [6.45, 7) is 1.41. The van der Waals surface area contributed by atoms with E-state index in [-0.39, 0.29) is 30.0 Å². The first-order chi connectivity index (χ1) is 6.61. The van der Waals surface area contributed by atoms with Crippen LogP contribution in [0.4, 0.5) is 4.39 Å². The number of Topliss-reactive ketones (excluding diaryl/α,β-unsaturated/α-hetero) is 2. The first kappa shape index (κ1) is 10.6.